The number of hydrogen-bond acceptors (Lipinski definition) is 4. The van der Waals surface area contributed by atoms with Gasteiger partial charge in [-0.15, -0.1) is 0 Å². The van der Waals surface area contributed by atoms with Crippen molar-refractivity contribution in [3.63, 3.8) is 0 Å². The van der Waals surface area contributed by atoms with Gasteiger partial charge in [0.2, 0.25) is 0 Å². The van der Waals surface area contributed by atoms with Crippen LogP contribution in [0.1, 0.15) is 24.2 Å². The van der Waals surface area contributed by atoms with Crippen LogP contribution in [0.25, 0.3) is 11.3 Å². The highest BCUT2D eigenvalue weighted by molar-refractivity contribution is 6.30. The summed E-state index contributed by atoms with van der Waals surface area (Å²) in [5.41, 5.74) is 0.829. The second-order valence-corrected chi connectivity index (χ2v) is 4.73. The SMILES string of the molecule is CCOC(=O)c1cc(-c2ccc(Cl)cc2)nn(CC)c1=O. The molecule has 0 N–H and O–H groups in total. The molecule has 2 rings (SSSR count). The van der Waals surface area contributed by atoms with Crippen molar-refractivity contribution >= 4 is 17.6 Å². The van der Waals surface area contributed by atoms with Crippen LogP contribution >= 0.6 is 11.6 Å². The molecule has 0 unspecified atom stereocenters. The molecule has 21 heavy (non-hydrogen) atoms. The number of ether oxygens (including phenoxy) is 1. The molecule has 1 heterocycles. The highest BCUT2D eigenvalue weighted by Crippen LogP contribution is 2.19. The van der Waals surface area contributed by atoms with E-state index in [2.05, 4.69) is 5.10 Å². The zero-order chi connectivity index (χ0) is 15.4. The number of rotatable bonds is 4. The summed E-state index contributed by atoms with van der Waals surface area (Å²) < 4.78 is 6.16. The Labute approximate surface area is 127 Å². The molecule has 1 aromatic carbocycles. The fourth-order valence-corrected chi connectivity index (χ4v) is 2.00. The third kappa shape index (κ3) is 3.31. The summed E-state index contributed by atoms with van der Waals surface area (Å²) in [5, 5.41) is 4.85. The first-order valence-corrected chi connectivity index (χ1v) is 6.99. The lowest BCUT2D eigenvalue weighted by atomic mass is 10.1. The molecule has 0 saturated carbocycles. The Hall–Kier alpha value is -2.14. The molecule has 0 aliphatic carbocycles. The molecule has 2 aromatic rings. The van der Waals surface area contributed by atoms with E-state index in [1.165, 1.54) is 10.7 Å². The van der Waals surface area contributed by atoms with Gasteiger partial charge in [-0.05, 0) is 32.0 Å². The van der Waals surface area contributed by atoms with Crippen molar-refractivity contribution in [2.45, 2.75) is 20.4 Å². The highest BCUT2D eigenvalue weighted by atomic mass is 35.5. The molecule has 0 fully saturated rings. The standard InChI is InChI=1S/C15H15ClN2O3/c1-3-18-14(19)12(15(20)21-4-2)9-13(17-18)10-5-7-11(16)8-6-10/h5-9H,3-4H2,1-2H3. The monoisotopic (exact) mass is 306 g/mol. The van der Waals surface area contributed by atoms with Gasteiger partial charge in [0.1, 0.15) is 5.56 Å². The maximum atomic E-state index is 12.1. The molecule has 110 valence electrons. The zero-order valence-electron chi connectivity index (χ0n) is 11.8. The van der Waals surface area contributed by atoms with Crippen LogP contribution < -0.4 is 5.56 Å². The van der Waals surface area contributed by atoms with Crippen LogP contribution in [0.2, 0.25) is 5.02 Å². The maximum absolute atomic E-state index is 12.1. The van der Waals surface area contributed by atoms with Crippen LogP contribution in [0.3, 0.4) is 0 Å². The van der Waals surface area contributed by atoms with Crippen LogP contribution in [0, 0.1) is 0 Å². The number of aromatic nitrogens is 2. The number of hydrogen-bond donors (Lipinski definition) is 0. The Kier molecular flexibility index (Phi) is 4.75. The van der Waals surface area contributed by atoms with Crippen molar-refractivity contribution in [1.29, 1.82) is 0 Å². The maximum Gasteiger partial charge on any atom is 0.343 e. The minimum Gasteiger partial charge on any atom is -0.462 e. The van der Waals surface area contributed by atoms with E-state index in [4.69, 9.17) is 16.3 Å². The molecule has 0 radical (unpaired) electrons. The number of halogens is 1. The third-order valence-electron chi connectivity index (χ3n) is 2.91. The molecule has 0 atom stereocenters. The number of esters is 1. The Morgan fingerprint density at radius 1 is 1.29 bits per heavy atom. The molecular weight excluding hydrogens is 292 g/mol. The van der Waals surface area contributed by atoms with Crippen molar-refractivity contribution in [1.82, 2.24) is 9.78 Å². The van der Waals surface area contributed by atoms with Crippen molar-refractivity contribution < 1.29 is 9.53 Å². The molecule has 5 nitrogen and oxygen atoms in total. The molecule has 0 bridgehead atoms. The average Bonchev–Trinajstić information content (AvgIpc) is 2.48. The van der Waals surface area contributed by atoms with Crippen molar-refractivity contribution in [3.05, 3.63) is 51.3 Å². The Morgan fingerprint density at radius 3 is 2.52 bits per heavy atom. The Morgan fingerprint density at radius 2 is 1.95 bits per heavy atom. The van der Waals surface area contributed by atoms with E-state index in [9.17, 15) is 9.59 Å². The van der Waals surface area contributed by atoms with Gasteiger partial charge in [0.25, 0.3) is 5.56 Å². The first-order chi connectivity index (χ1) is 10.1. The molecule has 0 saturated heterocycles. The fraction of sp³-hybridized carbons (Fsp3) is 0.267. The summed E-state index contributed by atoms with van der Waals surface area (Å²) in [6.07, 6.45) is 0. The first-order valence-electron chi connectivity index (χ1n) is 6.62. The van der Waals surface area contributed by atoms with Gasteiger partial charge in [-0.2, -0.15) is 5.10 Å². The molecule has 0 amide bonds. The molecule has 0 spiro atoms. The van der Waals surface area contributed by atoms with E-state index in [1.807, 2.05) is 0 Å². The molecule has 0 aliphatic rings. The first kappa shape index (κ1) is 15.3. The summed E-state index contributed by atoms with van der Waals surface area (Å²) in [6, 6.07) is 8.47. The second-order valence-electron chi connectivity index (χ2n) is 4.29. The van der Waals surface area contributed by atoms with Gasteiger partial charge in [-0.1, -0.05) is 23.7 Å². The lowest BCUT2D eigenvalue weighted by Crippen LogP contribution is -2.29. The quantitative estimate of drug-likeness (QED) is 0.815. The van der Waals surface area contributed by atoms with Gasteiger partial charge < -0.3 is 4.74 Å². The summed E-state index contributed by atoms with van der Waals surface area (Å²) in [6.45, 7) is 4.06. The number of carbonyl (C=O) groups is 1. The van der Waals surface area contributed by atoms with Gasteiger partial charge in [0.15, 0.2) is 0 Å². The fourth-order valence-electron chi connectivity index (χ4n) is 1.87. The minimum atomic E-state index is -0.637. The van der Waals surface area contributed by atoms with Crippen LogP contribution in [-0.4, -0.2) is 22.4 Å². The smallest absolute Gasteiger partial charge is 0.343 e. The lowest BCUT2D eigenvalue weighted by molar-refractivity contribution is 0.0523. The average molecular weight is 307 g/mol. The number of aryl methyl sites for hydroxylation is 1. The van der Waals surface area contributed by atoms with Gasteiger partial charge in [0.05, 0.1) is 12.3 Å². The summed E-state index contributed by atoms with van der Waals surface area (Å²) in [5.74, 6) is -0.637. The Balaban J connectivity index is 2.57. The van der Waals surface area contributed by atoms with Gasteiger partial charge >= 0.3 is 5.97 Å². The largest absolute Gasteiger partial charge is 0.462 e. The Bertz CT molecular complexity index is 708. The van der Waals surface area contributed by atoms with E-state index in [-0.39, 0.29) is 12.2 Å². The molecule has 6 heteroatoms. The van der Waals surface area contributed by atoms with Crippen LogP contribution in [-0.2, 0) is 11.3 Å². The van der Waals surface area contributed by atoms with Crippen molar-refractivity contribution in [2.75, 3.05) is 6.61 Å². The van der Waals surface area contributed by atoms with Crippen molar-refractivity contribution in [2.24, 2.45) is 0 Å². The third-order valence-corrected chi connectivity index (χ3v) is 3.16. The van der Waals surface area contributed by atoms with Gasteiger partial charge in [-0.25, -0.2) is 9.48 Å². The summed E-state index contributed by atoms with van der Waals surface area (Å²) >= 11 is 5.86. The lowest BCUT2D eigenvalue weighted by Gasteiger charge is -2.09. The van der Waals surface area contributed by atoms with E-state index in [0.29, 0.717) is 17.3 Å². The topological polar surface area (TPSA) is 61.2 Å². The van der Waals surface area contributed by atoms with Crippen LogP contribution in [0.5, 0.6) is 0 Å². The number of benzene rings is 1. The van der Waals surface area contributed by atoms with E-state index in [0.717, 1.165) is 5.56 Å². The predicted octanol–water partition coefficient (Wildman–Crippen LogP) is 2.76. The number of carbonyl (C=O) groups excluding carboxylic acids is 1. The van der Waals surface area contributed by atoms with Gasteiger partial charge in [-0.3, -0.25) is 4.79 Å². The van der Waals surface area contributed by atoms with Crippen molar-refractivity contribution in [3.8, 4) is 11.3 Å². The molecular formula is C15H15ClN2O3. The minimum absolute atomic E-state index is 0.0151. The van der Waals surface area contributed by atoms with E-state index in [1.54, 1.807) is 38.1 Å². The predicted molar refractivity (Wildman–Crippen MR) is 80.6 cm³/mol. The zero-order valence-corrected chi connectivity index (χ0v) is 12.6. The van der Waals surface area contributed by atoms with E-state index < -0.39 is 11.5 Å². The molecule has 1 aromatic heterocycles. The van der Waals surface area contributed by atoms with Crippen LogP contribution in [0.15, 0.2) is 35.1 Å². The highest BCUT2D eigenvalue weighted by Gasteiger charge is 2.16. The normalized spacial score (nSPS) is 10.4. The summed E-state index contributed by atoms with van der Waals surface area (Å²) in [7, 11) is 0. The van der Waals surface area contributed by atoms with E-state index >= 15 is 0 Å². The van der Waals surface area contributed by atoms with Crippen LogP contribution in [0.4, 0.5) is 0 Å². The van der Waals surface area contributed by atoms with Gasteiger partial charge in [0, 0.05) is 17.1 Å². The molecule has 0 aliphatic heterocycles. The summed E-state index contributed by atoms with van der Waals surface area (Å²) in [4.78, 5) is 24.0. The second kappa shape index (κ2) is 6.54. The number of nitrogens with zero attached hydrogens (tertiary/aromatic N) is 2.